The van der Waals surface area contributed by atoms with Crippen molar-refractivity contribution in [1.29, 1.82) is 0 Å². The van der Waals surface area contributed by atoms with Gasteiger partial charge >= 0.3 is 5.97 Å². The van der Waals surface area contributed by atoms with E-state index in [1.54, 1.807) is 54.6 Å². The van der Waals surface area contributed by atoms with E-state index in [1.807, 2.05) is 18.2 Å². The first-order chi connectivity index (χ1) is 13.5. The topological polar surface area (TPSA) is 67.8 Å². The van der Waals surface area contributed by atoms with Crippen LogP contribution in [-0.2, 0) is 0 Å². The first-order valence-electron chi connectivity index (χ1n) is 8.19. The van der Waals surface area contributed by atoms with E-state index in [0.717, 1.165) is 9.13 Å². The van der Waals surface area contributed by atoms with Crippen LogP contribution in [0.15, 0.2) is 82.4 Å². The van der Waals surface area contributed by atoms with Crippen molar-refractivity contribution in [2.24, 2.45) is 5.10 Å². The molecule has 3 rings (SSSR count). The first kappa shape index (κ1) is 20.2. The molecule has 140 valence electrons. The molecule has 3 aromatic rings. The summed E-state index contributed by atoms with van der Waals surface area (Å²) in [4.78, 5) is 24.3. The van der Waals surface area contributed by atoms with Gasteiger partial charge in [0.05, 0.1) is 17.3 Å². The van der Waals surface area contributed by atoms with Gasteiger partial charge in [0.15, 0.2) is 0 Å². The highest BCUT2D eigenvalue weighted by Gasteiger charge is 2.11. The number of nitrogens with one attached hydrogen (secondary N) is 1. The molecule has 0 aliphatic carbocycles. The summed E-state index contributed by atoms with van der Waals surface area (Å²) in [5.74, 6) is -0.306. The van der Waals surface area contributed by atoms with Gasteiger partial charge in [-0.25, -0.2) is 10.2 Å². The molecule has 0 aliphatic rings. The standard InChI is InChI=1S/C21H14BrIN2O3/c22-18-7-3-1-5-16(18)21(27)28-15-11-9-14(10-12-15)13-24-25-20(26)17-6-2-4-8-19(17)23/h1-13H,(H,25,26). The molecule has 0 fully saturated rings. The van der Waals surface area contributed by atoms with Crippen LogP contribution in [0.4, 0.5) is 0 Å². The molecule has 1 amide bonds. The Bertz CT molecular complexity index is 1040. The second-order valence-corrected chi connectivity index (χ2v) is 7.63. The van der Waals surface area contributed by atoms with Crippen molar-refractivity contribution in [3.05, 3.63) is 97.5 Å². The lowest BCUT2D eigenvalue weighted by molar-refractivity contribution is 0.0733. The van der Waals surface area contributed by atoms with E-state index in [1.165, 1.54) is 6.21 Å². The van der Waals surface area contributed by atoms with E-state index in [9.17, 15) is 9.59 Å². The third-order valence-electron chi connectivity index (χ3n) is 3.68. The van der Waals surface area contributed by atoms with E-state index in [4.69, 9.17) is 4.74 Å². The summed E-state index contributed by atoms with van der Waals surface area (Å²) in [5.41, 5.74) is 4.27. The lowest BCUT2D eigenvalue weighted by Gasteiger charge is -2.06. The van der Waals surface area contributed by atoms with E-state index < -0.39 is 5.97 Å². The minimum atomic E-state index is -0.446. The molecule has 5 nitrogen and oxygen atoms in total. The van der Waals surface area contributed by atoms with Gasteiger partial charge in [-0.15, -0.1) is 0 Å². The highest BCUT2D eigenvalue weighted by Crippen LogP contribution is 2.19. The van der Waals surface area contributed by atoms with Crippen LogP contribution >= 0.6 is 38.5 Å². The number of hydrogen-bond acceptors (Lipinski definition) is 4. The van der Waals surface area contributed by atoms with Crippen LogP contribution in [0.1, 0.15) is 26.3 Å². The molecular weight excluding hydrogens is 535 g/mol. The van der Waals surface area contributed by atoms with Gasteiger partial charge < -0.3 is 4.74 Å². The Labute approximate surface area is 184 Å². The number of rotatable bonds is 5. The van der Waals surface area contributed by atoms with Crippen molar-refractivity contribution in [3.63, 3.8) is 0 Å². The van der Waals surface area contributed by atoms with Gasteiger partial charge in [0.1, 0.15) is 5.75 Å². The lowest BCUT2D eigenvalue weighted by Crippen LogP contribution is -2.18. The Morgan fingerprint density at radius 2 is 1.57 bits per heavy atom. The number of halogens is 2. The molecule has 0 atom stereocenters. The molecule has 0 bridgehead atoms. The Morgan fingerprint density at radius 3 is 2.25 bits per heavy atom. The summed E-state index contributed by atoms with van der Waals surface area (Å²) in [5, 5.41) is 3.97. The normalized spacial score (nSPS) is 10.6. The molecule has 0 unspecified atom stereocenters. The van der Waals surface area contributed by atoms with Gasteiger partial charge in [0.2, 0.25) is 0 Å². The summed E-state index contributed by atoms with van der Waals surface area (Å²) in [6.07, 6.45) is 1.52. The number of carbonyl (C=O) groups is 2. The number of esters is 1. The van der Waals surface area contributed by atoms with Crippen LogP contribution in [-0.4, -0.2) is 18.1 Å². The molecule has 0 saturated carbocycles. The van der Waals surface area contributed by atoms with Crippen molar-refractivity contribution < 1.29 is 14.3 Å². The molecule has 0 saturated heterocycles. The van der Waals surface area contributed by atoms with Gasteiger partial charge in [-0.2, -0.15) is 5.10 Å². The predicted octanol–water partition coefficient (Wildman–Crippen LogP) is 5.04. The maximum Gasteiger partial charge on any atom is 0.344 e. The zero-order valence-corrected chi connectivity index (χ0v) is 18.2. The fraction of sp³-hybridized carbons (Fsp3) is 0. The Balaban J connectivity index is 1.59. The molecule has 0 aromatic heterocycles. The second-order valence-electron chi connectivity index (χ2n) is 5.62. The number of amides is 1. The maximum atomic E-state index is 12.2. The number of hydrazone groups is 1. The van der Waals surface area contributed by atoms with Crippen LogP contribution in [0.25, 0.3) is 0 Å². The van der Waals surface area contributed by atoms with Crippen LogP contribution in [0.3, 0.4) is 0 Å². The van der Waals surface area contributed by atoms with Crippen molar-refractivity contribution in [2.45, 2.75) is 0 Å². The molecule has 0 spiro atoms. The van der Waals surface area contributed by atoms with Crippen molar-refractivity contribution in [3.8, 4) is 5.75 Å². The third kappa shape index (κ3) is 5.26. The second kappa shape index (κ2) is 9.61. The largest absolute Gasteiger partial charge is 0.423 e. The van der Waals surface area contributed by atoms with Gasteiger partial charge in [-0.05, 0) is 92.6 Å². The third-order valence-corrected chi connectivity index (χ3v) is 5.31. The van der Waals surface area contributed by atoms with Crippen LogP contribution in [0, 0.1) is 3.57 Å². The average molecular weight is 549 g/mol. The zero-order valence-electron chi connectivity index (χ0n) is 14.4. The number of ether oxygens (including phenoxy) is 1. The fourth-order valence-corrected chi connectivity index (χ4v) is 3.36. The molecule has 0 aliphatic heterocycles. The van der Waals surface area contributed by atoms with Gasteiger partial charge in [-0.3, -0.25) is 4.79 Å². The van der Waals surface area contributed by atoms with Crippen LogP contribution < -0.4 is 10.2 Å². The summed E-state index contributed by atoms with van der Waals surface area (Å²) < 4.78 is 6.89. The zero-order chi connectivity index (χ0) is 19.9. The summed E-state index contributed by atoms with van der Waals surface area (Å²) in [7, 11) is 0. The highest BCUT2D eigenvalue weighted by molar-refractivity contribution is 14.1. The summed E-state index contributed by atoms with van der Waals surface area (Å²) in [6, 6.07) is 21.1. The minimum Gasteiger partial charge on any atom is -0.423 e. The van der Waals surface area contributed by atoms with E-state index in [2.05, 4.69) is 49.0 Å². The maximum absolute atomic E-state index is 12.2. The first-order valence-corrected chi connectivity index (χ1v) is 10.1. The lowest BCUT2D eigenvalue weighted by atomic mass is 10.2. The Morgan fingerprint density at radius 1 is 0.929 bits per heavy atom. The molecular formula is C21H14BrIN2O3. The Kier molecular flexibility index (Phi) is 6.94. The highest BCUT2D eigenvalue weighted by atomic mass is 127. The molecule has 0 heterocycles. The van der Waals surface area contributed by atoms with Crippen molar-refractivity contribution >= 4 is 56.6 Å². The van der Waals surface area contributed by atoms with E-state index in [0.29, 0.717) is 21.3 Å². The smallest absolute Gasteiger partial charge is 0.344 e. The fourth-order valence-electron chi connectivity index (χ4n) is 2.28. The quantitative estimate of drug-likeness (QED) is 0.160. The molecule has 0 radical (unpaired) electrons. The molecule has 3 aromatic carbocycles. The molecule has 28 heavy (non-hydrogen) atoms. The number of benzene rings is 3. The summed E-state index contributed by atoms with van der Waals surface area (Å²) in [6.45, 7) is 0. The van der Waals surface area contributed by atoms with Gasteiger partial charge in [0.25, 0.3) is 5.91 Å². The van der Waals surface area contributed by atoms with E-state index in [-0.39, 0.29) is 5.91 Å². The monoisotopic (exact) mass is 548 g/mol. The van der Waals surface area contributed by atoms with Crippen LogP contribution in [0.5, 0.6) is 5.75 Å². The Hall–Kier alpha value is -2.52. The summed E-state index contributed by atoms with van der Waals surface area (Å²) >= 11 is 5.43. The molecule has 1 N–H and O–H groups in total. The number of hydrogen-bond donors (Lipinski definition) is 1. The number of carbonyl (C=O) groups excluding carboxylic acids is 2. The SMILES string of the molecule is O=C(Oc1ccc(C=NNC(=O)c2ccccc2I)cc1)c1ccccc1Br. The minimum absolute atomic E-state index is 0.278. The van der Waals surface area contributed by atoms with Crippen LogP contribution in [0.2, 0.25) is 0 Å². The predicted molar refractivity (Wildman–Crippen MR) is 120 cm³/mol. The van der Waals surface area contributed by atoms with E-state index >= 15 is 0 Å². The van der Waals surface area contributed by atoms with Gasteiger partial charge in [0, 0.05) is 8.04 Å². The van der Waals surface area contributed by atoms with Gasteiger partial charge in [-0.1, -0.05) is 24.3 Å². The van der Waals surface area contributed by atoms with Crippen molar-refractivity contribution in [1.82, 2.24) is 5.43 Å². The van der Waals surface area contributed by atoms with Crippen molar-refractivity contribution in [2.75, 3.05) is 0 Å². The number of nitrogens with zero attached hydrogens (tertiary/aromatic N) is 1. The molecule has 7 heteroatoms. The average Bonchev–Trinajstić information content (AvgIpc) is 2.70.